The summed E-state index contributed by atoms with van der Waals surface area (Å²) < 4.78 is 0. The Kier molecular flexibility index (Phi) is 7.72. The monoisotopic (exact) mass is 611 g/mol. The van der Waals surface area contributed by atoms with E-state index in [9.17, 15) is 0 Å². The van der Waals surface area contributed by atoms with E-state index in [1.807, 2.05) is 0 Å². The number of anilines is 1. The molecule has 0 radical (unpaired) electrons. The lowest BCUT2D eigenvalue weighted by Crippen LogP contribution is -2.18. The van der Waals surface area contributed by atoms with Gasteiger partial charge in [-0.15, -0.1) is 0 Å². The first-order valence-electron chi connectivity index (χ1n) is 17.8. The highest BCUT2D eigenvalue weighted by Gasteiger charge is 2.27. The van der Waals surface area contributed by atoms with E-state index < -0.39 is 0 Å². The summed E-state index contributed by atoms with van der Waals surface area (Å²) in [6, 6.07) is 34.1. The van der Waals surface area contributed by atoms with Gasteiger partial charge in [0.15, 0.2) is 0 Å². The van der Waals surface area contributed by atoms with Crippen LogP contribution in [0.1, 0.15) is 81.5 Å². The molecule has 0 amide bonds. The molecule has 1 nitrogen and oxygen atoms in total. The van der Waals surface area contributed by atoms with Gasteiger partial charge in [0.25, 0.3) is 0 Å². The van der Waals surface area contributed by atoms with Gasteiger partial charge in [-0.3, -0.25) is 0 Å². The van der Waals surface area contributed by atoms with Crippen LogP contribution in [0.4, 0.5) is 5.69 Å². The standard InChI is InChI=1S/C46H45N/c1-4-46(3,5-2)37-25-21-32(22-26-37)44-40-13-6-8-15-42(40)45(43-16-9-7-14-41(43)44)33-23-27-38(28-24-33)47-39-12-10-11-34(30-39)36-20-18-31-17-19-35(31)29-36/h6-16,18,20-21,23,25,27,29-30,47H,4-5,17,19,22,24,26,28H2,1-3H3. The van der Waals surface area contributed by atoms with E-state index in [2.05, 4.69) is 141 Å². The molecular formula is C46H45N. The number of aryl methyl sites for hydroxylation is 2. The van der Waals surface area contributed by atoms with Gasteiger partial charge in [-0.25, -0.2) is 0 Å². The summed E-state index contributed by atoms with van der Waals surface area (Å²) in [5.41, 5.74) is 15.7. The predicted octanol–water partition coefficient (Wildman–Crippen LogP) is 12.9. The second-order valence-corrected chi connectivity index (χ2v) is 14.1. The highest BCUT2D eigenvalue weighted by atomic mass is 14.9. The molecule has 0 fully saturated rings. The Morgan fingerprint density at radius 2 is 1.13 bits per heavy atom. The number of nitrogens with one attached hydrogen (secondary N) is 1. The van der Waals surface area contributed by atoms with Gasteiger partial charge in [0.2, 0.25) is 0 Å². The van der Waals surface area contributed by atoms with Crippen molar-refractivity contribution in [3.63, 3.8) is 0 Å². The van der Waals surface area contributed by atoms with Crippen molar-refractivity contribution >= 4 is 38.4 Å². The fraction of sp³-hybridized carbons (Fsp3) is 0.261. The molecule has 0 saturated heterocycles. The van der Waals surface area contributed by atoms with E-state index in [0.717, 1.165) is 31.4 Å². The van der Waals surface area contributed by atoms with Crippen molar-refractivity contribution in [2.24, 2.45) is 5.41 Å². The fourth-order valence-electron chi connectivity index (χ4n) is 8.16. The maximum absolute atomic E-state index is 3.76. The van der Waals surface area contributed by atoms with E-state index in [1.54, 1.807) is 5.57 Å². The Morgan fingerprint density at radius 1 is 0.532 bits per heavy atom. The third-order valence-corrected chi connectivity index (χ3v) is 11.6. The molecule has 8 rings (SSSR count). The van der Waals surface area contributed by atoms with Gasteiger partial charge in [0.1, 0.15) is 0 Å². The van der Waals surface area contributed by atoms with E-state index in [4.69, 9.17) is 0 Å². The number of allylic oxidation sites excluding steroid dienone is 8. The lowest BCUT2D eigenvalue weighted by atomic mass is 9.72. The fourth-order valence-corrected chi connectivity index (χ4v) is 8.16. The quantitative estimate of drug-likeness (QED) is 0.172. The molecule has 5 aromatic carbocycles. The normalized spacial score (nSPS) is 16.1. The highest BCUT2D eigenvalue weighted by molar-refractivity contribution is 6.16. The maximum atomic E-state index is 3.76. The lowest BCUT2D eigenvalue weighted by Gasteiger charge is -2.32. The highest BCUT2D eigenvalue weighted by Crippen LogP contribution is 2.46. The molecule has 0 saturated carbocycles. The second-order valence-electron chi connectivity index (χ2n) is 14.1. The molecule has 47 heavy (non-hydrogen) atoms. The number of benzene rings is 5. The number of hydrogen-bond acceptors (Lipinski definition) is 1. The minimum Gasteiger partial charge on any atom is -0.359 e. The Morgan fingerprint density at radius 3 is 1.64 bits per heavy atom. The average molecular weight is 612 g/mol. The van der Waals surface area contributed by atoms with Gasteiger partial charge in [-0.2, -0.15) is 0 Å². The van der Waals surface area contributed by atoms with Crippen LogP contribution in [0.15, 0.2) is 127 Å². The van der Waals surface area contributed by atoms with Crippen LogP contribution in [-0.2, 0) is 12.8 Å². The Balaban J connectivity index is 1.15. The predicted molar refractivity (Wildman–Crippen MR) is 204 cm³/mol. The smallest absolute Gasteiger partial charge is 0.0388 e. The minimum absolute atomic E-state index is 0.302. The van der Waals surface area contributed by atoms with Crippen molar-refractivity contribution in [2.45, 2.75) is 72.1 Å². The summed E-state index contributed by atoms with van der Waals surface area (Å²) in [6.07, 6.45) is 18.6. The largest absolute Gasteiger partial charge is 0.359 e. The third kappa shape index (κ3) is 5.36. The van der Waals surface area contributed by atoms with Crippen molar-refractivity contribution in [3.05, 3.63) is 149 Å². The molecular weight excluding hydrogens is 567 g/mol. The zero-order valence-corrected chi connectivity index (χ0v) is 28.1. The van der Waals surface area contributed by atoms with Crippen LogP contribution < -0.4 is 5.32 Å². The molecule has 0 aromatic heterocycles. The summed E-state index contributed by atoms with van der Waals surface area (Å²) >= 11 is 0. The summed E-state index contributed by atoms with van der Waals surface area (Å²) in [6.45, 7) is 7.12. The average Bonchev–Trinajstić information content (AvgIpc) is 3.11. The molecule has 0 unspecified atom stereocenters. The van der Waals surface area contributed by atoms with E-state index in [-0.39, 0.29) is 0 Å². The summed E-state index contributed by atoms with van der Waals surface area (Å²) in [5.74, 6) is 0. The topological polar surface area (TPSA) is 12.0 Å². The number of rotatable bonds is 8. The van der Waals surface area contributed by atoms with Gasteiger partial charge in [-0.05, 0) is 141 Å². The summed E-state index contributed by atoms with van der Waals surface area (Å²) in [5, 5.41) is 9.24. The van der Waals surface area contributed by atoms with Crippen LogP contribution in [-0.4, -0.2) is 0 Å². The molecule has 0 heterocycles. The third-order valence-electron chi connectivity index (χ3n) is 11.6. The Labute approximate surface area is 280 Å². The molecule has 0 aliphatic heterocycles. The van der Waals surface area contributed by atoms with Gasteiger partial charge in [0.05, 0.1) is 0 Å². The molecule has 0 bridgehead atoms. The number of fused-ring (bicyclic) bond motifs is 3. The first kappa shape index (κ1) is 29.8. The summed E-state index contributed by atoms with van der Waals surface area (Å²) in [4.78, 5) is 0. The van der Waals surface area contributed by atoms with E-state index in [0.29, 0.717) is 5.41 Å². The van der Waals surface area contributed by atoms with Crippen LogP contribution in [0.3, 0.4) is 0 Å². The summed E-state index contributed by atoms with van der Waals surface area (Å²) in [7, 11) is 0. The Bertz CT molecular complexity index is 2090. The van der Waals surface area contributed by atoms with Crippen molar-refractivity contribution < 1.29 is 0 Å². The molecule has 3 aliphatic carbocycles. The zero-order chi connectivity index (χ0) is 32.0. The molecule has 5 aromatic rings. The van der Waals surface area contributed by atoms with Gasteiger partial charge in [-0.1, -0.05) is 123 Å². The first-order chi connectivity index (χ1) is 23.0. The van der Waals surface area contributed by atoms with Gasteiger partial charge >= 0.3 is 0 Å². The van der Waals surface area contributed by atoms with Crippen molar-refractivity contribution in [3.8, 4) is 11.1 Å². The molecule has 234 valence electrons. The Hall–Kier alpha value is -4.62. The van der Waals surface area contributed by atoms with Gasteiger partial charge < -0.3 is 5.32 Å². The molecule has 0 atom stereocenters. The van der Waals surface area contributed by atoms with Crippen LogP contribution in [0.2, 0.25) is 0 Å². The van der Waals surface area contributed by atoms with Crippen LogP contribution >= 0.6 is 0 Å². The van der Waals surface area contributed by atoms with Crippen LogP contribution in [0.25, 0.3) is 43.8 Å². The van der Waals surface area contributed by atoms with Crippen molar-refractivity contribution in [2.75, 3.05) is 5.32 Å². The molecule has 3 aliphatic rings. The number of hydrogen-bond donors (Lipinski definition) is 1. The van der Waals surface area contributed by atoms with Crippen molar-refractivity contribution in [1.29, 1.82) is 0 Å². The zero-order valence-electron chi connectivity index (χ0n) is 28.1. The van der Waals surface area contributed by atoms with Crippen LogP contribution in [0, 0.1) is 5.41 Å². The van der Waals surface area contributed by atoms with Crippen LogP contribution in [0.5, 0.6) is 0 Å². The molecule has 1 heteroatoms. The lowest BCUT2D eigenvalue weighted by molar-refractivity contribution is 0.355. The van der Waals surface area contributed by atoms with E-state index >= 15 is 0 Å². The molecule has 1 N–H and O–H groups in total. The molecule has 0 spiro atoms. The second kappa shape index (κ2) is 12.2. The maximum Gasteiger partial charge on any atom is 0.0388 e. The SMILES string of the molecule is CCC(C)(CC)C1=CC=C(c2c3ccccc3c(C3=CC=C(Nc4cccc(-c5ccc6c(c5)CC6)c4)CC3)c3ccccc23)CC1. The minimum atomic E-state index is 0.302. The van der Waals surface area contributed by atoms with Gasteiger partial charge in [0, 0.05) is 11.4 Å². The van der Waals surface area contributed by atoms with E-state index in [1.165, 1.54) is 97.5 Å². The first-order valence-corrected chi connectivity index (χ1v) is 17.8. The van der Waals surface area contributed by atoms with Crippen molar-refractivity contribution in [1.82, 2.24) is 0 Å².